The van der Waals surface area contributed by atoms with E-state index in [1.54, 1.807) is 12.1 Å². The first-order chi connectivity index (χ1) is 23.4. The van der Waals surface area contributed by atoms with Gasteiger partial charge in [-0.3, -0.25) is 4.90 Å². The smallest absolute Gasteiger partial charge is 0.161 e. The number of hydrogen-bond donors (Lipinski definition) is 6. The van der Waals surface area contributed by atoms with Crippen LogP contribution in [-0.2, 0) is 25.7 Å². The second-order valence-corrected chi connectivity index (χ2v) is 12.9. The van der Waals surface area contributed by atoms with Crippen LogP contribution in [0.5, 0.6) is 28.7 Å². The molecule has 0 aromatic heterocycles. The van der Waals surface area contributed by atoms with Crippen molar-refractivity contribution in [3.8, 4) is 39.9 Å². The molecule has 250 valence electrons. The molecule has 2 heterocycles. The highest BCUT2D eigenvalue weighted by atomic mass is 16.5. The Labute approximate surface area is 280 Å². The van der Waals surface area contributed by atoms with Gasteiger partial charge in [0.15, 0.2) is 18.2 Å². The fourth-order valence-corrected chi connectivity index (χ4v) is 7.52. The fraction of sp³-hybridized carbons (Fsp3) is 0.333. The summed E-state index contributed by atoms with van der Waals surface area (Å²) >= 11 is 0. The summed E-state index contributed by atoms with van der Waals surface area (Å²) in [7, 11) is 1.53. The summed E-state index contributed by atoms with van der Waals surface area (Å²) in [6.07, 6.45) is 5.85. The molecule has 0 fully saturated rings. The lowest BCUT2D eigenvalue weighted by Crippen LogP contribution is -3.07. The molecule has 0 bridgehead atoms. The van der Waals surface area contributed by atoms with Crippen molar-refractivity contribution >= 4 is 0 Å². The number of fused-ring (bicyclic) bond motifs is 5. The lowest BCUT2D eigenvalue weighted by Gasteiger charge is -2.38. The normalized spacial score (nSPS) is 20.6. The Balaban J connectivity index is 1.28. The van der Waals surface area contributed by atoms with Gasteiger partial charge in [-0.05, 0) is 82.8 Å². The van der Waals surface area contributed by atoms with E-state index in [0.29, 0.717) is 30.1 Å². The molecule has 9 nitrogen and oxygen atoms in total. The van der Waals surface area contributed by atoms with Crippen LogP contribution in [0.3, 0.4) is 0 Å². The van der Waals surface area contributed by atoms with Gasteiger partial charge in [-0.1, -0.05) is 36.4 Å². The molecule has 0 spiro atoms. The van der Waals surface area contributed by atoms with E-state index >= 15 is 0 Å². The van der Waals surface area contributed by atoms with Gasteiger partial charge in [-0.2, -0.15) is 0 Å². The number of rotatable bonds is 11. The SMILES string of the molecule is COc1cc([C@H]2Oc3cc(OCCO)c4c(c3C[C@H]2O)[C@@H](CC[NH+]2C=CNC2)Cc2cc(O)ccc2-4)cc(CCc2ccccc2)c1O. The summed E-state index contributed by atoms with van der Waals surface area (Å²) in [5.74, 6) is 1.98. The summed E-state index contributed by atoms with van der Waals surface area (Å²) in [6, 6.07) is 21.1. The molecule has 9 heteroatoms. The molecule has 1 aliphatic carbocycles. The van der Waals surface area contributed by atoms with Crippen LogP contribution in [0.15, 0.2) is 79.1 Å². The zero-order chi connectivity index (χ0) is 33.2. The van der Waals surface area contributed by atoms with Crippen LogP contribution in [0.25, 0.3) is 11.1 Å². The maximum absolute atomic E-state index is 11.8. The van der Waals surface area contributed by atoms with Gasteiger partial charge in [-0.15, -0.1) is 0 Å². The molecule has 3 aliphatic rings. The molecule has 0 saturated heterocycles. The number of quaternary nitrogens is 1. The zero-order valence-electron chi connectivity index (χ0n) is 27.1. The molecule has 0 radical (unpaired) electrons. The highest BCUT2D eigenvalue weighted by molar-refractivity contribution is 5.83. The number of ether oxygens (including phenoxy) is 3. The number of aliphatic hydroxyl groups excluding tert-OH is 2. The van der Waals surface area contributed by atoms with Gasteiger partial charge < -0.3 is 40.0 Å². The van der Waals surface area contributed by atoms with Crippen molar-refractivity contribution in [1.29, 1.82) is 0 Å². The van der Waals surface area contributed by atoms with E-state index in [9.17, 15) is 20.4 Å². The minimum absolute atomic E-state index is 0.0907. The van der Waals surface area contributed by atoms with Crippen molar-refractivity contribution in [3.63, 3.8) is 0 Å². The monoisotopic (exact) mass is 651 g/mol. The minimum Gasteiger partial charge on any atom is -0.508 e. The van der Waals surface area contributed by atoms with E-state index in [0.717, 1.165) is 77.0 Å². The summed E-state index contributed by atoms with van der Waals surface area (Å²) < 4.78 is 18.5. The molecule has 7 rings (SSSR count). The molecular weight excluding hydrogens is 608 g/mol. The van der Waals surface area contributed by atoms with Crippen LogP contribution < -0.4 is 24.4 Å². The van der Waals surface area contributed by atoms with Crippen LogP contribution in [0.2, 0.25) is 0 Å². The maximum atomic E-state index is 11.8. The minimum atomic E-state index is -0.861. The number of phenols is 2. The van der Waals surface area contributed by atoms with Gasteiger partial charge in [0.05, 0.1) is 32.6 Å². The number of nitrogens with one attached hydrogen (secondary N) is 2. The average molecular weight is 652 g/mol. The van der Waals surface area contributed by atoms with E-state index < -0.39 is 12.2 Å². The lowest BCUT2D eigenvalue weighted by molar-refractivity contribution is -0.843. The van der Waals surface area contributed by atoms with Crippen LogP contribution in [0.1, 0.15) is 51.8 Å². The molecule has 4 aromatic rings. The topological polar surface area (TPSA) is 125 Å². The Bertz CT molecular complexity index is 1810. The first kappa shape index (κ1) is 31.9. The Morgan fingerprint density at radius 2 is 1.83 bits per heavy atom. The number of phenolic OH excluding ortho intramolecular Hbond substituents is 2. The fourth-order valence-electron chi connectivity index (χ4n) is 7.52. The average Bonchev–Trinajstić information content (AvgIpc) is 3.63. The number of methoxy groups -OCH3 is 1. The summed E-state index contributed by atoms with van der Waals surface area (Å²) in [5.41, 5.74) is 7.60. The highest BCUT2D eigenvalue weighted by Gasteiger charge is 2.39. The number of hydrogen-bond acceptors (Lipinski definition) is 8. The number of aliphatic hydroxyl groups is 2. The van der Waals surface area contributed by atoms with E-state index in [1.807, 2.05) is 48.7 Å². The molecule has 1 unspecified atom stereocenters. The van der Waals surface area contributed by atoms with Crippen molar-refractivity contribution < 1.29 is 39.5 Å². The molecule has 6 N–H and O–H groups in total. The summed E-state index contributed by atoms with van der Waals surface area (Å²) in [4.78, 5) is 1.33. The predicted molar refractivity (Wildman–Crippen MR) is 182 cm³/mol. The Morgan fingerprint density at radius 3 is 2.60 bits per heavy atom. The van der Waals surface area contributed by atoms with Crippen molar-refractivity contribution in [2.45, 2.75) is 50.2 Å². The van der Waals surface area contributed by atoms with E-state index in [2.05, 4.69) is 23.6 Å². The van der Waals surface area contributed by atoms with Gasteiger partial charge in [0.25, 0.3) is 0 Å². The predicted octanol–water partition coefficient (Wildman–Crippen LogP) is 3.91. The standard InChI is InChI=1S/C39H42N2O7/c1-46-35-20-28(18-26(38(35)45)8-7-24-5-3-2-4-6-24)39-32(44)21-31-33(48-39)22-34(47-16-15-42)37-30-10-9-29(43)19-27(30)17-25(36(31)37)11-13-41-14-12-40-23-41/h2-6,9-10,12,14,18-20,22,25,32,39-40,42-45H,7-8,11,13,15-17,21,23H2,1H3/p+1/t25-,32+,39+/m0/s1. The summed E-state index contributed by atoms with van der Waals surface area (Å²) in [6.45, 7) is 1.71. The Morgan fingerprint density at radius 1 is 0.979 bits per heavy atom. The van der Waals surface area contributed by atoms with Crippen LogP contribution in [0.4, 0.5) is 0 Å². The number of aryl methyl sites for hydroxylation is 2. The first-order valence-electron chi connectivity index (χ1n) is 16.7. The van der Waals surface area contributed by atoms with E-state index in [1.165, 1.54) is 12.0 Å². The van der Waals surface area contributed by atoms with Crippen molar-refractivity contribution in [2.24, 2.45) is 0 Å². The third-order valence-corrected chi connectivity index (χ3v) is 9.83. The van der Waals surface area contributed by atoms with Crippen LogP contribution in [0, 0.1) is 0 Å². The van der Waals surface area contributed by atoms with E-state index in [4.69, 9.17) is 14.2 Å². The Hall–Kier alpha value is -4.70. The van der Waals surface area contributed by atoms with Gasteiger partial charge in [0, 0.05) is 30.0 Å². The molecular formula is C39H43N2O7+. The third-order valence-electron chi connectivity index (χ3n) is 9.83. The highest BCUT2D eigenvalue weighted by Crippen LogP contribution is 2.53. The molecule has 0 saturated carbocycles. The zero-order valence-corrected chi connectivity index (χ0v) is 27.1. The first-order valence-corrected chi connectivity index (χ1v) is 16.7. The third kappa shape index (κ3) is 6.29. The van der Waals surface area contributed by atoms with Gasteiger partial charge >= 0.3 is 0 Å². The number of aromatic hydroxyl groups is 2. The Kier molecular flexibility index (Phi) is 9.17. The maximum Gasteiger partial charge on any atom is 0.161 e. The van der Waals surface area contributed by atoms with Gasteiger partial charge in [0.2, 0.25) is 0 Å². The summed E-state index contributed by atoms with van der Waals surface area (Å²) in [5, 5.41) is 46.2. The van der Waals surface area contributed by atoms with Gasteiger partial charge in [0.1, 0.15) is 36.2 Å². The molecule has 2 aliphatic heterocycles. The van der Waals surface area contributed by atoms with Crippen molar-refractivity contribution in [2.75, 3.05) is 33.5 Å². The molecule has 4 aromatic carbocycles. The largest absolute Gasteiger partial charge is 0.508 e. The molecule has 4 atom stereocenters. The number of benzene rings is 4. The quantitative estimate of drug-likeness (QED) is 0.144. The van der Waals surface area contributed by atoms with Crippen molar-refractivity contribution in [1.82, 2.24) is 5.32 Å². The van der Waals surface area contributed by atoms with Crippen LogP contribution in [-0.4, -0.2) is 60.1 Å². The van der Waals surface area contributed by atoms with E-state index in [-0.39, 0.29) is 30.6 Å². The van der Waals surface area contributed by atoms with Gasteiger partial charge in [-0.25, -0.2) is 0 Å². The lowest BCUT2D eigenvalue weighted by atomic mass is 9.73. The second kappa shape index (κ2) is 13.8. The van der Waals surface area contributed by atoms with Crippen molar-refractivity contribution in [3.05, 3.63) is 113 Å². The molecule has 0 amide bonds. The molecule has 48 heavy (non-hydrogen) atoms. The second-order valence-electron chi connectivity index (χ2n) is 12.9. The van der Waals surface area contributed by atoms with Crippen LogP contribution >= 0.6 is 0 Å².